The van der Waals surface area contributed by atoms with Crippen molar-refractivity contribution in [3.8, 4) is 0 Å². The summed E-state index contributed by atoms with van der Waals surface area (Å²) in [4.78, 5) is 25.2. The number of piperidine rings is 1. The number of carbonyl (C=O) groups excluding carboxylic acids is 2. The molecule has 1 N–H and O–H groups in total. The van der Waals surface area contributed by atoms with Crippen LogP contribution in [0.25, 0.3) is 6.08 Å². The first-order chi connectivity index (χ1) is 12.1. The van der Waals surface area contributed by atoms with Gasteiger partial charge in [0.15, 0.2) is 6.29 Å². The van der Waals surface area contributed by atoms with Gasteiger partial charge in [-0.1, -0.05) is 12.1 Å². The summed E-state index contributed by atoms with van der Waals surface area (Å²) >= 11 is 0. The fraction of sp³-hybridized carbons (Fsp3) is 0.474. The summed E-state index contributed by atoms with van der Waals surface area (Å²) in [6.07, 6.45) is 5.14. The van der Waals surface area contributed by atoms with E-state index >= 15 is 0 Å². The van der Waals surface area contributed by atoms with Crippen molar-refractivity contribution in [2.24, 2.45) is 5.92 Å². The van der Waals surface area contributed by atoms with Gasteiger partial charge in [0.1, 0.15) is 0 Å². The molecule has 2 aliphatic heterocycles. The van der Waals surface area contributed by atoms with Gasteiger partial charge < -0.3 is 19.7 Å². The number of likely N-dealkylation sites (tertiary alicyclic amines) is 1. The van der Waals surface area contributed by atoms with Gasteiger partial charge in [-0.2, -0.15) is 0 Å². The molecule has 0 aliphatic carbocycles. The second kappa shape index (κ2) is 8.27. The smallest absolute Gasteiger partial charge is 0.246 e. The quantitative estimate of drug-likeness (QED) is 0.851. The van der Waals surface area contributed by atoms with E-state index in [4.69, 9.17) is 9.47 Å². The van der Waals surface area contributed by atoms with E-state index in [1.54, 1.807) is 12.2 Å². The van der Waals surface area contributed by atoms with E-state index in [9.17, 15) is 9.59 Å². The maximum Gasteiger partial charge on any atom is 0.246 e. The zero-order chi connectivity index (χ0) is 17.6. The zero-order valence-electron chi connectivity index (χ0n) is 14.4. The third-order valence-electron chi connectivity index (χ3n) is 4.53. The molecule has 1 aromatic carbocycles. The van der Waals surface area contributed by atoms with Crippen molar-refractivity contribution < 1.29 is 19.1 Å². The lowest BCUT2D eigenvalue weighted by Crippen LogP contribution is -2.40. The summed E-state index contributed by atoms with van der Waals surface area (Å²) in [5.74, 6) is 0.310. The number of benzene rings is 1. The zero-order valence-corrected chi connectivity index (χ0v) is 14.4. The number of hydrogen-bond acceptors (Lipinski definition) is 4. The number of hydrogen-bond donors (Lipinski definition) is 1. The summed E-state index contributed by atoms with van der Waals surface area (Å²) in [7, 11) is 0. The average molecular weight is 344 g/mol. The molecule has 0 bridgehead atoms. The minimum atomic E-state index is -0.102. The van der Waals surface area contributed by atoms with Crippen LogP contribution in [-0.4, -0.2) is 49.3 Å². The molecule has 2 saturated heterocycles. The van der Waals surface area contributed by atoms with Gasteiger partial charge in [0.25, 0.3) is 0 Å². The second-order valence-corrected chi connectivity index (χ2v) is 6.41. The summed E-state index contributed by atoms with van der Waals surface area (Å²) < 4.78 is 11.1. The van der Waals surface area contributed by atoms with E-state index in [0.717, 1.165) is 37.2 Å². The van der Waals surface area contributed by atoms with Crippen molar-refractivity contribution in [2.45, 2.75) is 26.1 Å². The molecule has 0 unspecified atom stereocenters. The van der Waals surface area contributed by atoms with Crippen LogP contribution in [0.15, 0.2) is 30.3 Å². The van der Waals surface area contributed by atoms with Crippen LogP contribution >= 0.6 is 0 Å². The molecule has 25 heavy (non-hydrogen) atoms. The van der Waals surface area contributed by atoms with E-state index in [0.29, 0.717) is 19.1 Å². The molecule has 0 atom stereocenters. The van der Waals surface area contributed by atoms with Gasteiger partial charge in [-0.05, 0) is 36.6 Å². The Morgan fingerprint density at radius 1 is 1.12 bits per heavy atom. The van der Waals surface area contributed by atoms with Crippen LogP contribution in [0, 0.1) is 5.92 Å². The molecule has 3 rings (SSSR count). The number of carbonyl (C=O) groups is 2. The minimum absolute atomic E-state index is 0.0256. The normalized spacial score (nSPS) is 19.5. The second-order valence-electron chi connectivity index (χ2n) is 6.41. The highest BCUT2D eigenvalue weighted by atomic mass is 16.7. The summed E-state index contributed by atoms with van der Waals surface area (Å²) in [6.45, 7) is 4.29. The molecule has 0 radical (unpaired) electrons. The molecule has 0 aromatic heterocycles. The largest absolute Gasteiger partial charge is 0.350 e. The van der Waals surface area contributed by atoms with Gasteiger partial charge in [-0.3, -0.25) is 9.59 Å². The van der Waals surface area contributed by atoms with Crippen molar-refractivity contribution in [1.29, 1.82) is 0 Å². The van der Waals surface area contributed by atoms with E-state index in [-0.39, 0.29) is 18.1 Å². The van der Waals surface area contributed by atoms with E-state index in [1.165, 1.54) is 6.92 Å². The number of nitrogens with zero attached hydrogens (tertiary/aromatic N) is 1. The fourth-order valence-corrected chi connectivity index (χ4v) is 3.19. The van der Waals surface area contributed by atoms with Crippen LogP contribution in [0.2, 0.25) is 0 Å². The molecule has 2 aliphatic rings. The topological polar surface area (TPSA) is 67.9 Å². The van der Waals surface area contributed by atoms with Crippen LogP contribution in [-0.2, 0) is 19.1 Å². The van der Waals surface area contributed by atoms with Gasteiger partial charge >= 0.3 is 0 Å². The van der Waals surface area contributed by atoms with Gasteiger partial charge in [-0.15, -0.1) is 0 Å². The standard InChI is InChI=1S/C19H24N2O4/c1-14(22)20-17-5-2-15(3-6-17)4-7-18(23)21-10-8-16(9-11-21)19-24-12-13-25-19/h2-7,16,19H,8-13H2,1H3,(H,20,22)/b7-4+. The summed E-state index contributed by atoms with van der Waals surface area (Å²) in [5.41, 5.74) is 1.67. The Kier molecular flexibility index (Phi) is 5.83. The molecular formula is C19H24N2O4. The first kappa shape index (κ1) is 17.6. The fourth-order valence-electron chi connectivity index (χ4n) is 3.19. The SMILES string of the molecule is CC(=O)Nc1ccc(/C=C/C(=O)N2CCC(C3OCCO3)CC2)cc1. The highest BCUT2D eigenvalue weighted by Crippen LogP contribution is 2.26. The first-order valence-corrected chi connectivity index (χ1v) is 8.69. The molecule has 2 heterocycles. The minimum Gasteiger partial charge on any atom is -0.350 e. The Bertz CT molecular complexity index is 627. The van der Waals surface area contributed by atoms with Crippen molar-refractivity contribution in [2.75, 3.05) is 31.6 Å². The van der Waals surface area contributed by atoms with Crippen molar-refractivity contribution in [3.05, 3.63) is 35.9 Å². The molecule has 6 heteroatoms. The molecule has 1 aromatic rings. The van der Waals surface area contributed by atoms with Crippen LogP contribution < -0.4 is 5.32 Å². The Labute approximate surface area is 147 Å². The first-order valence-electron chi connectivity index (χ1n) is 8.69. The molecule has 6 nitrogen and oxygen atoms in total. The van der Waals surface area contributed by atoms with Gasteiger partial charge in [0.2, 0.25) is 11.8 Å². The monoisotopic (exact) mass is 344 g/mol. The van der Waals surface area contributed by atoms with E-state index < -0.39 is 0 Å². The Balaban J connectivity index is 1.48. The van der Waals surface area contributed by atoms with Gasteiger partial charge in [-0.25, -0.2) is 0 Å². The Hall–Kier alpha value is -2.18. The molecule has 2 amide bonds. The molecule has 0 saturated carbocycles. The number of rotatable bonds is 4. The van der Waals surface area contributed by atoms with Crippen molar-refractivity contribution in [1.82, 2.24) is 4.90 Å². The van der Waals surface area contributed by atoms with Gasteiger partial charge in [0, 0.05) is 37.7 Å². The number of ether oxygens (including phenoxy) is 2. The Morgan fingerprint density at radius 3 is 2.36 bits per heavy atom. The van der Waals surface area contributed by atoms with E-state index in [2.05, 4.69) is 5.32 Å². The number of anilines is 1. The van der Waals surface area contributed by atoms with Crippen LogP contribution in [0.4, 0.5) is 5.69 Å². The Morgan fingerprint density at radius 2 is 1.76 bits per heavy atom. The molecular weight excluding hydrogens is 320 g/mol. The lowest BCUT2D eigenvalue weighted by atomic mass is 9.96. The third-order valence-corrected chi connectivity index (χ3v) is 4.53. The molecule has 0 spiro atoms. The number of nitrogens with one attached hydrogen (secondary N) is 1. The third kappa shape index (κ3) is 4.90. The molecule has 2 fully saturated rings. The highest BCUT2D eigenvalue weighted by Gasteiger charge is 2.31. The van der Waals surface area contributed by atoms with Crippen molar-refractivity contribution in [3.63, 3.8) is 0 Å². The maximum absolute atomic E-state index is 12.3. The predicted octanol–water partition coefficient (Wildman–Crippen LogP) is 2.27. The average Bonchev–Trinajstić information content (AvgIpc) is 3.15. The summed E-state index contributed by atoms with van der Waals surface area (Å²) in [6, 6.07) is 7.38. The van der Waals surface area contributed by atoms with Crippen molar-refractivity contribution >= 4 is 23.6 Å². The lowest BCUT2D eigenvalue weighted by molar-refractivity contribution is -0.132. The highest BCUT2D eigenvalue weighted by molar-refractivity contribution is 5.92. The van der Waals surface area contributed by atoms with E-state index in [1.807, 2.05) is 29.2 Å². The maximum atomic E-state index is 12.3. The lowest BCUT2D eigenvalue weighted by Gasteiger charge is -2.33. The van der Waals surface area contributed by atoms with Crippen LogP contribution in [0.1, 0.15) is 25.3 Å². The predicted molar refractivity (Wildman–Crippen MR) is 94.8 cm³/mol. The number of amides is 2. The van der Waals surface area contributed by atoms with Crippen LogP contribution in [0.5, 0.6) is 0 Å². The van der Waals surface area contributed by atoms with Crippen LogP contribution in [0.3, 0.4) is 0 Å². The van der Waals surface area contributed by atoms with Gasteiger partial charge in [0.05, 0.1) is 13.2 Å². The summed E-state index contributed by atoms with van der Waals surface area (Å²) in [5, 5.41) is 2.72. The molecule has 134 valence electrons.